The fourth-order valence-corrected chi connectivity index (χ4v) is 10.5. The Kier molecular flexibility index (Phi) is 6.67. The standard InChI is InChI=1S/C11H6BrS.C5H5.2ClH.S.Zr/c12-11-10-8(6-13-11)5-7-3-1-2-4-9(7)10;1-2-4-5-3-1;;;;/h1-2,4-5H,6H2;1-3H,4H2;2*1H;;/q;;;;;+2/p-2. The molecule has 0 unspecified atom stereocenters. The summed E-state index contributed by atoms with van der Waals surface area (Å²) in [5.41, 5.74) is 5.70. The van der Waals surface area contributed by atoms with Crippen molar-refractivity contribution < 1.29 is 44.5 Å². The molecular formula is C16H11BrCl2S2Zr. The van der Waals surface area contributed by atoms with Crippen molar-refractivity contribution in [2.45, 2.75) is 6.42 Å². The number of allylic oxidation sites excluding steroid dienone is 5. The first-order chi connectivity index (χ1) is 9.75. The third kappa shape index (κ3) is 3.12. The molecule has 3 aliphatic rings. The van der Waals surface area contributed by atoms with Crippen molar-refractivity contribution in [2.24, 2.45) is 0 Å². The first-order valence-corrected chi connectivity index (χ1v) is 14.2. The summed E-state index contributed by atoms with van der Waals surface area (Å²) in [5, 5.41) is 0. The topological polar surface area (TPSA) is 0 Å². The molecule has 0 atom stereocenters. The van der Waals surface area contributed by atoms with Gasteiger partial charge in [0.1, 0.15) is 0 Å². The molecule has 0 N–H and O–H groups in total. The SMILES string of the molecule is [Cl-].[Cl-].[S]=[Zr+2]([C]1=CC=CC1)[c]1cccc2c1C=C1CSC(Br)=C12. The van der Waals surface area contributed by atoms with E-state index in [1.54, 1.807) is 0 Å². The second kappa shape index (κ2) is 7.72. The van der Waals surface area contributed by atoms with E-state index in [1.165, 1.54) is 32.6 Å². The van der Waals surface area contributed by atoms with Crippen molar-refractivity contribution in [1.29, 1.82) is 0 Å². The van der Waals surface area contributed by atoms with Gasteiger partial charge in [-0.1, -0.05) is 0 Å². The summed E-state index contributed by atoms with van der Waals surface area (Å²) >= 11 is 3.55. The van der Waals surface area contributed by atoms with E-state index in [1.807, 2.05) is 11.8 Å². The van der Waals surface area contributed by atoms with Crippen LogP contribution in [0, 0.1) is 0 Å². The third-order valence-corrected chi connectivity index (χ3v) is 13.3. The average molecular weight is 509 g/mol. The van der Waals surface area contributed by atoms with Crippen LogP contribution < -0.4 is 28.1 Å². The molecule has 22 heavy (non-hydrogen) atoms. The quantitative estimate of drug-likeness (QED) is 0.508. The number of fused-ring (bicyclic) bond motifs is 3. The first-order valence-electron chi connectivity index (χ1n) is 6.53. The summed E-state index contributed by atoms with van der Waals surface area (Å²) < 4.78 is 4.30. The molecule has 0 aromatic heterocycles. The molecule has 0 nitrogen and oxygen atoms in total. The molecule has 0 saturated heterocycles. The molecular weight excluding hydrogens is 498 g/mol. The molecule has 0 amide bonds. The Labute approximate surface area is 166 Å². The van der Waals surface area contributed by atoms with Crippen LogP contribution in [-0.2, 0) is 19.7 Å². The molecule has 0 spiro atoms. The maximum atomic E-state index is 5.99. The van der Waals surface area contributed by atoms with Crippen LogP contribution in [0.3, 0.4) is 0 Å². The number of rotatable bonds is 2. The Morgan fingerprint density at radius 1 is 1.23 bits per heavy atom. The van der Waals surface area contributed by atoms with Crippen LogP contribution in [0.4, 0.5) is 0 Å². The Morgan fingerprint density at radius 2 is 2.05 bits per heavy atom. The predicted octanol–water partition coefficient (Wildman–Crippen LogP) is -0.898. The maximum absolute atomic E-state index is 5.99. The summed E-state index contributed by atoms with van der Waals surface area (Å²) in [4.78, 5) is 0. The Hall–Kier alpha value is 0.693. The van der Waals surface area contributed by atoms with Gasteiger partial charge in [0.15, 0.2) is 0 Å². The van der Waals surface area contributed by atoms with E-state index < -0.39 is 19.7 Å². The Morgan fingerprint density at radius 3 is 2.77 bits per heavy atom. The molecule has 4 rings (SSSR count). The van der Waals surface area contributed by atoms with Gasteiger partial charge in [-0.3, -0.25) is 0 Å². The van der Waals surface area contributed by atoms with E-state index in [0.717, 1.165) is 12.2 Å². The predicted molar refractivity (Wildman–Crippen MR) is 91.8 cm³/mol. The molecule has 112 valence electrons. The van der Waals surface area contributed by atoms with E-state index in [2.05, 4.69) is 58.4 Å². The van der Waals surface area contributed by atoms with Gasteiger partial charge in [-0.25, -0.2) is 0 Å². The molecule has 0 saturated carbocycles. The van der Waals surface area contributed by atoms with Crippen LogP contribution in [0.1, 0.15) is 17.5 Å². The molecule has 0 radical (unpaired) electrons. The van der Waals surface area contributed by atoms with Crippen LogP contribution in [0.25, 0.3) is 11.6 Å². The summed E-state index contributed by atoms with van der Waals surface area (Å²) in [6.45, 7) is 0. The second-order valence-corrected chi connectivity index (χ2v) is 14.3. The fraction of sp³-hybridized carbons (Fsp3) is 0.125. The third-order valence-electron chi connectivity index (χ3n) is 3.87. The molecule has 6 heteroatoms. The summed E-state index contributed by atoms with van der Waals surface area (Å²) in [6, 6.07) is 6.72. The molecule has 2 aliphatic carbocycles. The molecule has 1 heterocycles. The van der Waals surface area contributed by atoms with Gasteiger partial charge in [0, 0.05) is 0 Å². The number of benzene rings is 1. The summed E-state index contributed by atoms with van der Waals surface area (Å²) in [6.07, 6.45) is 10.1. The van der Waals surface area contributed by atoms with E-state index in [0.29, 0.717) is 0 Å². The van der Waals surface area contributed by atoms with Gasteiger partial charge in [0.25, 0.3) is 0 Å². The molecule has 1 aromatic rings. The zero-order valence-corrected chi connectivity index (χ0v) is 18.6. The number of hydrogen-bond donors (Lipinski definition) is 0. The first kappa shape index (κ1) is 19.0. The van der Waals surface area contributed by atoms with Gasteiger partial charge in [-0.15, -0.1) is 0 Å². The van der Waals surface area contributed by atoms with Gasteiger partial charge >= 0.3 is 144 Å². The normalized spacial score (nSPS) is 16.9. The molecule has 0 fully saturated rings. The number of thioether (sulfide) groups is 1. The minimum absolute atomic E-state index is 0. The van der Waals surface area contributed by atoms with Gasteiger partial charge in [0.2, 0.25) is 0 Å². The van der Waals surface area contributed by atoms with Gasteiger partial charge in [-0.05, 0) is 0 Å². The van der Waals surface area contributed by atoms with Gasteiger partial charge in [-0.2, -0.15) is 0 Å². The van der Waals surface area contributed by atoms with Crippen LogP contribution in [0.2, 0.25) is 0 Å². The molecule has 0 bridgehead atoms. The number of hydrogen-bond acceptors (Lipinski definition) is 2. The fourth-order valence-electron chi connectivity index (χ4n) is 2.90. The number of halogens is 3. The Balaban J connectivity index is 0.000000882. The van der Waals surface area contributed by atoms with E-state index >= 15 is 0 Å². The van der Waals surface area contributed by atoms with Gasteiger partial charge in [0.05, 0.1) is 0 Å². The van der Waals surface area contributed by atoms with E-state index in [4.69, 9.17) is 8.86 Å². The van der Waals surface area contributed by atoms with Crippen LogP contribution in [0.5, 0.6) is 0 Å². The van der Waals surface area contributed by atoms with Crippen LogP contribution >= 0.6 is 36.5 Å². The zero-order chi connectivity index (χ0) is 13.7. The zero-order valence-electron chi connectivity index (χ0n) is 11.4. The molecule has 1 aliphatic heterocycles. The van der Waals surface area contributed by atoms with Crippen molar-refractivity contribution in [1.82, 2.24) is 0 Å². The van der Waals surface area contributed by atoms with E-state index in [-0.39, 0.29) is 24.8 Å². The van der Waals surface area contributed by atoms with Crippen molar-refractivity contribution >= 4 is 51.5 Å². The van der Waals surface area contributed by atoms with Crippen molar-refractivity contribution in [3.05, 3.63) is 60.2 Å². The van der Waals surface area contributed by atoms with E-state index in [9.17, 15) is 0 Å². The summed E-state index contributed by atoms with van der Waals surface area (Å²) in [7, 11) is 5.99. The Bertz CT molecular complexity index is 778. The average Bonchev–Trinajstić information content (AvgIpc) is 3.15. The van der Waals surface area contributed by atoms with Crippen molar-refractivity contribution in [2.75, 3.05) is 5.75 Å². The second-order valence-electron chi connectivity index (χ2n) is 5.03. The minimum atomic E-state index is -2.06. The van der Waals surface area contributed by atoms with Crippen molar-refractivity contribution in [3.8, 4) is 0 Å². The molecule has 1 aromatic carbocycles. The summed E-state index contributed by atoms with van der Waals surface area (Å²) in [5.74, 6) is 1.09. The van der Waals surface area contributed by atoms with Crippen LogP contribution in [0.15, 0.2) is 49.1 Å². The monoisotopic (exact) mass is 506 g/mol. The van der Waals surface area contributed by atoms with Crippen molar-refractivity contribution in [3.63, 3.8) is 0 Å². The van der Waals surface area contributed by atoms with Crippen LogP contribution in [-0.4, -0.2) is 5.75 Å². The van der Waals surface area contributed by atoms with Gasteiger partial charge < -0.3 is 24.8 Å².